The van der Waals surface area contributed by atoms with Gasteiger partial charge in [-0.05, 0) is 17.7 Å². The minimum Gasteiger partial charge on any atom is -0.495 e. The molecule has 1 atom stereocenters. The lowest BCUT2D eigenvalue weighted by atomic mass is 10.0. The summed E-state index contributed by atoms with van der Waals surface area (Å²) in [6.07, 6.45) is 0.731. The molecule has 16 heavy (non-hydrogen) atoms. The van der Waals surface area contributed by atoms with E-state index in [0.29, 0.717) is 11.3 Å². The van der Waals surface area contributed by atoms with Gasteiger partial charge < -0.3 is 14.9 Å². The van der Waals surface area contributed by atoms with Gasteiger partial charge in [0.15, 0.2) is 0 Å². The Bertz CT molecular complexity index is 499. The third-order valence-corrected chi connectivity index (χ3v) is 2.50. The van der Waals surface area contributed by atoms with Crippen LogP contribution in [-0.2, 0) is 0 Å². The highest BCUT2D eigenvalue weighted by Gasteiger charge is 2.10. The zero-order chi connectivity index (χ0) is 11.5. The molecule has 1 aromatic carbocycles. The van der Waals surface area contributed by atoms with Gasteiger partial charge in [-0.25, -0.2) is 0 Å². The number of benzene rings is 1. The maximum Gasteiger partial charge on any atom is 0.137 e. The Balaban J connectivity index is 2.64. The topological polar surface area (TPSA) is 62.6 Å². The van der Waals surface area contributed by atoms with Gasteiger partial charge in [-0.3, -0.25) is 4.98 Å². The molecule has 0 aliphatic rings. The first-order valence-electron chi connectivity index (χ1n) is 4.98. The van der Waals surface area contributed by atoms with Crippen molar-refractivity contribution >= 4 is 10.9 Å². The van der Waals surface area contributed by atoms with Gasteiger partial charge in [0.1, 0.15) is 11.9 Å². The molecule has 84 valence electrons. The number of ether oxygens (including phenoxy) is 1. The summed E-state index contributed by atoms with van der Waals surface area (Å²) in [6.45, 7) is -0.309. The number of aromatic nitrogens is 1. The number of methoxy groups -OCH3 is 1. The molecular formula is C12H13NO3. The Morgan fingerprint density at radius 3 is 2.94 bits per heavy atom. The lowest BCUT2D eigenvalue weighted by molar-refractivity contribution is 0.0967. The van der Waals surface area contributed by atoms with Crippen molar-refractivity contribution in [3.05, 3.63) is 36.0 Å². The van der Waals surface area contributed by atoms with Gasteiger partial charge in [0.25, 0.3) is 0 Å². The Morgan fingerprint density at radius 1 is 1.44 bits per heavy atom. The minimum atomic E-state index is -0.891. The summed E-state index contributed by atoms with van der Waals surface area (Å²) in [5, 5.41) is 19.4. The van der Waals surface area contributed by atoms with E-state index in [1.807, 2.05) is 6.07 Å². The van der Waals surface area contributed by atoms with Crippen LogP contribution in [0.3, 0.4) is 0 Å². The monoisotopic (exact) mass is 219 g/mol. The van der Waals surface area contributed by atoms with Crippen LogP contribution < -0.4 is 4.74 Å². The van der Waals surface area contributed by atoms with E-state index >= 15 is 0 Å². The Hall–Kier alpha value is -1.65. The van der Waals surface area contributed by atoms with Crippen LogP contribution >= 0.6 is 0 Å². The number of aliphatic hydroxyl groups excluding tert-OH is 2. The second-order valence-electron chi connectivity index (χ2n) is 3.49. The van der Waals surface area contributed by atoms with E-state index < -0.39 is 6.10 Å². The zero-order valence-corrected chi connectivity index (χ0v) is 8.92. The van der Waals surface area contributed by atoms with Crippen LogP contribution in [0.1, 0.15) is 11.7 Å². The van der Waals surface area contributed by atoms with Crippen LogP contribution in [0.25, 0.3) is 10.9 Å². The molecule has 4 nitrogen and oxygen atoms in total. The van der Waals surface area contributed by atoms with Crippen molar-refractivity contribution in [2.75, 3.05) is 13.7 Å². The molecule has 0 amide bonds. The van der Waals surface area contributed by atoms with Crippen molar-refractivity contribution in [3.63, 3.8) is 0 Å². The van der Waals surface area contributed by atoms with Gasteiger partial charge in [-0.2, -0.15) is 0 Å². The third kappa shape index (κ3) is 1.85. The van der Waals surface area contributed by atoms with Crippen molar-refractivity contribution < 1.29 is 14.9 Å². The first-order valence-corrected chi connectivity index (χ1v) is 4.98. The number of nitrogens with zero attached hydrogens (tertiary/aromatic N) is 1. The van der Waals surface area contributed by atoms with Crippen molar-refractivity contribution in [3.8, 4) is 5.75 Å². The highest BCUT2D eigenvalue weighted by molar-refractivity contribution is 5.83. The molecule has 2 rings (SSSR count). The largest absolute Gasteiger partial charge is 0.495 e. The maximum absolute atomic E-state index is 9.67. The fourth-order valence-corrected chi connectivity index (χ4v) is 1.65. The molecule has 0 saturated heterocycles. The van der Waals surface area contributed by atoms with E-state index in [4.69, 9.17) is 9.84 Å². The first kappa shape index (κ1) is 10.9. The highest BCUT2D eigenvalue weighted by Crippen LogP contribution is 2.25. The van der Waals surface area contributed by atoms with Gasteiger partial charge in [0.05, 0.1) is 25.4 Å². The molecule has 1 heterocycles. The summed E-state index contributed by atoms with van der Waals surface area (Å²) in [5.41, 5.74) is 1.43. The van der Waals surface area contributed by atoms with Crippen molar-refractivity contribution in [1.82, 2.24) is 4.98 Å². The lowest BCUT2D eigenvalue weighted by Gasteiger charge is -2.11. The van der Waals surface area contributed by atoms with Crippen LogP contribution in [-0.4, -0.2) is 28.9 Å². The molecule has 0 aliphatic heterocycles. The molecule has 0 unspecified atom stereocenters. The summed E-state index contributed by atoms with van der Waals surface area (Å²) in [5.74, 6) is 0.630. The highest BCUT2D eigenvalue weighted by atomic mass is 16.5. The predicted octanol–water partition coefficient (Wildman–Crippen LogP) is 1.27. The van der Waals surface area contributed by atoms with E-state index in [2.05, 4.69) is 4.98 Å². The fourth-order valence-electron chi connectivity index (χ4n) is 1.65. The molecule has 0 radical (unpaired) electrons. The average Bonchev–Trinajstić information content (AvgIpc) is 2.36. The van der Waals surface area contributed by atoms with Crippen LogP contribution in [0.4, 0.5) is 0 Å². The van der Waals surface area contributed by atoms with Crippen LogP contribution in [0.5, 0.6) is 5.75 Å². The third-order valence-electron chi connectivity index (χ3n) is 2.50. The van der Waals surface area contributed by atoms with Crippen LogP contribution in [0.15, 0.2) is 30.5 Å². The lowest BCUT2D eigenvalue weighted by Crippen LogP contribution is -2.03. The Morgan fingerprint density at radius 2 is 2.25 bits per heavy atom. The molecule has 4 heteroatoms. The normalized spacial score (nSPS) is 12.7. The summed E-state index contributed by atoms with van der Waals surface area (Å²) in [7, 11) is 1.56. The molecule has 2 N–H and O–H groups in total. The van der Waals surface area contributed by atoms with Gasteiger partial charge in [0.2, 0.25) is 0 Å². The Kier molecular flexibility index (Phi) is 3.03. The second kappa shape index (κ2) is 4.47. The van der Waals surface area contributed by atoms with Gasteiger partial charge >= 0.3 is 0 Å². The summed E-state index contributed by atoms with van der Waals surface area (Å²) in [4.78, 5) is 4.21. The molecular weight excluding hydrogens is 206 g/mol. The Labute approximate surface area is 93.1 Å². The molecule has 0 spiro atoms. The molecule has 0 saturated carbocycles. The minimum absolute atomic E-state index is 0.309. The fraction of sp³-hybridized carbons (Fsp3) is 0.250. The molecule has 2 aromatic rings. The van der Waals surface area contributed by atoms with Crippen molar-refractivity contribution in [2.45, 2.75) is 6.10 Å². The van der Waals surface area contributed by atoms with E-state index in [1.54, 1.807) is 31.5 Å². The molecule has 0 aliphatic carbocycles. The van der Waals surface area contributed by atoms with Gasteiger partial charge in [0, 0.05) is 5.39 Å². The summed E-state index contributed by atoms with van der Waals surface area (Å²) >= 11 is 0. The summed E-state index contributed by atoms with van der Waals surface area (Å²) in [6, 6.07) is 7.22. The maximum atomic E-state index is 9.67. The van der Waals surface area contributed by atoms with E-state index in [0.717, 1.165) is 10.9 Å². The standard InChI is InChI=1S/C12H13NO3/c1-16-8-5-10-9(12(15)7-14)3-2-4-11(10)13-6-8/h2-6,12,14-15H,7H2,1H3/t12-/m0/s1. The van der Waals surface area contributed by atoms with Crippen molar-refractivity contribution in [1.29, 1.82) is 0 Å². The average molecular weight is 219 g/mol. The SMILES string of the molecule is COc1cnc2cccc([C@@H](O)CO)c2c1. The number of hydrogen-bond donors (Lipinski definition) is 2. The number of aliphatic hydroxyl groups is 2. The van der Waals surface area contributed by atoms with E-state index in [-0.39, 0.29) is 6.61 Å². The number of rotatable bonds is 3. The van der Waals surface area contributed by atoms with Gasteiger partial charge in [-0.1, -0.05) is 12.1 Å². The number of pyridine rings is 1. The zero-order valence-electron chi connectivity index (χ0n) is 8.92. The van der Waals surface area contributed by atoms with Crippen LogP contribution in [0, 0.1) is 0 Å². The molecule has 0 fully saturated rings. The smallest absolute Gasteiger partial charge is 0.137 e. The van der Waals surface area contributed by atoms with Crippen LogP contribution in [0.2, 0.25) is 0 Å². The predicted molar refractivity (Wildman–Crippen MR) is 60.3 cm³/mol. The molecule has 0 bridgehead atoms. The molecule has 1 aromatic heterocycles. The van der Waals surface area contributed by atoms with Gasteiger partial charge in [-0.15, -0.1) is 0 Å². The number of fused-ring (bicyclic) bond motifs is 1. The van der Waals surface area contributed by atoms with Crippen molar-refractivity contribution in [2.24, 2.45) is 0 Å². The number of hydrogen-bond acceptors (Lipinski definition) is 4. The second-order valence-corrected chi connectivity index (χ2v) is 3.49. The van der Waals surface area contributed by atoms with E-state index in [9.17, 15) is 5.11 Å². The summed E-state index contributed by atoms with van der Waals surface area (Å²) < 4.78 is 5.08. The van der Waals surface area contributed by atoms with E-state index in [1.165, 1.54) is 0 Å². The quantitative estimate of drug-likeness (QED) is 0.816. The first-order chi connectivity index (χ1) is 7.76.